The van der Waals surface area contributed by atoms with Crippen molar-refractivity contribution in [1.82, 2.24) is 4.98 Å². The van der Waals surface area contributed by atoms with E-state index in [1.807, 2.05) is 0 Å². The number of carbonyl (C=O) groups is 1. The number of rotatable bonds is 2. The Morgan fingerprint density at radius 1 is 1.25 bits per heavy atom. The Kier molecular flexibility index (Phi) is 4.42. The molecule has 0 saturated heterocycles. The van der Waals surface area contributed by atoms with Crippen LogP contribution in [-0.4, -0.2) is 16.1 Å². The standard InChI is InChI=1S/C16H12Cl2N4O2/c1-8-11(18)3-2-4-12(8)20-16(24)22-21-14-10-7-9(17)5-6-13(10)19-15(14)23/h2-7,19,23H,1H3,(H,20,24). The third-order valence-corrected chi connectivity index (χ3v) is 4.11. The molecule has 0 aliphatic rings. The van der Waals surface area contributed by atoms with Gasteiger partial charge < -0.3 is 15.4 Å². The Hall–Kier alpha value is -2.57. The maximum absolute atomic E-state index is 12.0. The van der Waals surface area contributed by atoms with Gasteiger partial charge in [-0.3, -0.25) is 0 Å². The van der Waals surface area contributed by atoms with E-state index < -0.39 is 6.03 Å². The summed E-state index contributed by atoms with van der Waals surface area (Å²) in [6, 6.07) is 9.47. The molecule has 2 amide bonds. The largest absolute Gasteiger partial charge is 0.493 e. The predicted octanol–water partition coefficient (Wildman–Crippen LogP) is 5.80. The van der Waals surface area contributed by atoms with Crippen LogP contribution in [0.15, 0.2) is 46.6 Å². The number of anilines is 1. The highest BCUT2D eigenvalue weighted by atomic mass is 35.5. The van der Waals surface area contributed by atoms with E-state index in [0.29, 0.717) is 26.6 Å². The van der Waals surface area contributed by atoms with Crippen LogP contribution in [-0.2, 0) is 0 Å². The van der Waals surface area contributed by atoms with Crippen LogP contribution in [0, 0.1) is 6.92 Å². The second-order valence-corrected chi connectivity index (χ2v) is 5.90. The van der Waals surface area contributed by atoms with Gasteiger partial charge in [-0.05, 0) is 42.8 Å². The minimum absolute atomic E-state index is 0.144. The van der Waals surface area contributed by atoms with Crippen LogP contribution in [0.2, 0.25) is 10.0 Å². The lowest BCUT2D eigenvalue weighted by Crippen LogP contribution is -2.06. The highest BCUT2D eigenvalue weighted by Gasteiger charge is 2.12. The number of hydrogen-bond acceptors (Lipinski definition) is 3. The van der Waals surface area contributed by atoms with Crippen LogP contribution in [0.25, 0.3) is 10.9 Å². The summed E-state index contributed by atoms with van der Waals surface area (Å²) in [6.07, 6.45) is 0. The number of H-pyrrole nitrogens is 1. The number of azo groups is 1. The van der Waals surface area contributed by atoms with Gasteiger partial charge in [0, 0.05) is 21.1 Å². The van der Waals surface area contributed by atoms with Crippen molar-refractivity contribution in [1.29, 1.82) is 0 Å². The van der Waals surface area contributed by atoms with Gasteiger partial charge in [0.15, 0.2) is 5.69 Å². The summed E-state index contributed by atoms with van der Waals surface area (Å²) in [4.78, 5) is 14.7. The van der Waals surface area contributed by atoms with Gasteiger partial charge in [-0.15, -0.1) is 5.11 Å². The fourth-order valence-corrected chi connectivity index (χ4v) is 2.56. The summed E-state index contributed by atoms with van der Waals surface area (Å²) in [6.45, 7) is 1.78. The molecule has 3 rings (SSSR count). The van der Waals surface area contributed by atoms with Crippen molar-refractivity contribution in [3.05, 3.63) is 52.0 Å². The van der Waals surface area contributed by atoms with Crippen molar-refractivity contribution in [2.45, 2.75) is 6.92 Å². The van der Waals surface area contributed by atoms with Gasteiger partial charge in [0.1, 0.15) is 0 Å². The smallest absolute Gasteiger partial charge is 0.364 e. The molecule has 3 aromatic rings. The van der Waals surface area contributed by atoms with E-state index in [0.717, 1.165) is 5.56 Å². The van der Waals surface area contributed by atoms with Crippen LogP contribution in [0.5, 0.6) is 5.88 Å². The van der Waals surface area contributed by atoms with Crippen molar-refractivity contribution in [2.24, 2.45) is 10.2 Å². The molecule has 0 aliphatic heterocycles. The zero-order chi connectivity index (χ0) is 17.3. The van der Waals surface area contributed by atoms with Crippen LogP contribution in [0.4, 0.5) is 16.2 Å². The Labute approximate surface area is 147 Å². The van der Waals surface area contributed by atoms with Crippen molar-refractivity contribution >= 4 is 51.5 Å². The number of aromatic hydroxyl groups is 1. The number of aromatic nitrogens is 1. The average molecular weight is 363 g/mol. The maximum atomic E-state index is 12.0. The van der Waals surface area contributed by atoms with Gasteiger partial charge >= 0.3 is 6.03 Å². The van der Waals surface area contributed by atoms with Gasteiger partial charge in [0.2, 0.25) is 5.88 Å². The summed E-state index contributed by atoms with van der Waals surface area (Å²) >= 11 is 11.9. The minimum atomic E-state index is -0.684. The number of nitrogens with one attached hydrogen (secondary N) is 2. The molecule has 0 unspecified atom stereocenters. The normalized spacial score (nSPS) is 11.3. The maximum Gasteiger partial charge on any atom is 0.364 e. The minimum Gasteiger partial charge on any atom is -0.493 e. The molecule has 3 N–H and O–H groups in total. The number of carbonyl (C=O) groups excluding carboxylic acids is 1. The number of fused-ring (bicyclic) bond motifs is 1. The molecule has 0 saturated carbocycles. The van der Waals surface area contributed by atoms with E-state index >= 15 is 0 Å². The Morgan fingerprint density at radius 2 is 2.04 bits per heavy atom. The molecule has 0 bridgehead atoms. The lowest BCUT2D eigenvalue weighted by Gasteiger charge is -2.06. The van der Waals surface area contributed by atoms with Gasteiger partial charge in [0.25, 0.3) is 0 Å². The molecule has 8 heteroatoms. The Bertz CT molecular complexity index is 966. The second kappa shape index (κ2) is 6.51. The molecule has 0 aliphatic carbocycles. The number of amides is 2. The molecule has 2 aromatic carbocycles. The fourth-order valence-electron chi connectivity index (χ4n) is 2.22. The molecule has 0 fully saturated rings. The van der Waals surface area contributed by atoms with Gasteiger partial charge in [0.05, 0.1) is 5.52 Å². The number of aromatic amines is 1. The number of urea groups is 1. The van der Waals surface area contributed by atoms with Crippen molar-refractivity contribution < 1.29 is 9.90 Å². The molecule has 122 valence electrons. The third-order valence-electron chi connectivity index (χ3n) is 3.46. The highest BCUT2D eigenvalue weighted by molar-refractivity contribution is 6.32. The van der Waals surface area contributed by atoms with E-state index in [9.17, 15) is 9.90 Å². The first kappa shape index (κ1) is 16.3. The Morgan fingerprint density at radius 3 is 2.83 bits per heavy atom. The van der Waals surface area contributed by atoms with Gasteiger partial charge in [-0.25, -0.2) is 4.79 Å². The number of hydrogen-bond donors (Lipinski definition) is 3. The first-order valence-corrected chi connectivity index (χ1v) is 7.69. The SMILES string of the molecule is Cc1c(Cl)cccc1NC(=O)N=Nc1c(O)[nH]c2ccc(Cl)cc12. The molecule has 0 radical (unpaired) electrons. The van der Waals surface area contributed by atoms with Crippen LogP contribution >= 0.6 is 23.2 Å². The Balaban J connectivity index is 1.85. The van der Waals surface area contributed by atoms with Crippen LogP contribution in [0.1, 0.15) is 5.56 Å². The molecule has 1 aromatic heterocycles. The van der Waals surface area contributed by atoms with E-state index in [2.05, 4.69) is 20.5 Å². The van der Waals surface area contributed by atoms with Gasteiger partial charge in [-0.2, -0.15) is 0 Å². The fraction of sp³-hybridized carbons (Fsp3) is 0.0625. The summed E-state index contributed by atoms with van der Waals surface area (Å²) in [5.41, 5.74) is 2.05. The number of nitrogens with zero attached hydrogens (tertiary/aromatic N) is 2. The van der Waals surface area contributed by atoms with Crippen LogP contribution in [0.3, 0.4) is 0 Å². The first-order valence-electron chi connectivity index (χ1n) is 6.93. The van der Waals surface area contributed by atoms with E-state index in [1.165, 1.54) is 0 Å². The van der Waals surface area contributed by atoms with E-state index in [1.54, 1.807) is 43.3 Å². The quantitative estimate of drug-likeness (QED) is 0.502. The van der Waals surface area contributed by atoms with Crippen LogP contribution < -0.4 is 5.32 Å². The molecule has 0 atom stereocenters. The summed E-state index contributed by atoms with van der Waals surface area (Å²) in [5.74, 6) is -0.192. The topological polar surface area (TPSA) is 89.8 Å². The van der Waals surface area contributed by atoms with Crippen molar-refractivity contribution in [2.75, 3.05) is 5.32 Å². The molecular weight excluding hydrogens is 351 g/mol. The molecule has 24 heavy (non-hydrogen) atoms. The number of halogens is 2. The zero-order valence-corrected chi connectivity index (χ0v) is 14.0. The van der Waals surface area contributed by atoms with Crippen molar-refractivity contribution in [3.8, 4) is 5.88 Å². The summed E-state index contributed by atoms with van der Waals surface area (Å²) in [7, 11) is 0. The molecule has 6 nitrogen and oxygen atoms in total. The average Bonchev–Trinajstić information content (AvgIpc) is 2.84. The molecular formula is C16H12Cl2N4O2. The lowest BCUT2D eigenvalue weighted by atomic mass is 10.2. The third kappa shape index (κ3) is 3.20. The first-order chi connectivity index (χ1) is 11.5. The van der Waals surface area contributed by atoms with E-state index in [4.69, 9.17) is 23.2 Å². The lowest BCUT2D eigenvalue weighted by molar-refractivity contribution is 0.258. The predicted molar refractivity (Wildman–Crippen MR) is 94.7 cm³/mol. The summed E-state index contributed by atoms with van der Waals surface area (Å²) < 4.78 is 0. The van der Waals surface area contributed by atoms with Gasteiger partial charge in [-0.1, -0.05) is 34.4 Å². The van der Waals surface area contributed by atoms with E-state index in [-0.39, 0.29) is 11.6 Å². The highest BCUT2D eigenvalue weighted by Crippen LogP contribution is 2.36. The monoisotopic (exact) mass is 362 g/mol. The zero-order valence-electron chi connectivity index (χ0n) is 12.5. The number of benzene rings is 2. The summed E-state index contributed by atoms with van der Waals surface area (Å²) in [5, 5.41) is 21.5. The van der Waals surface area contributed by atoms with Crippen molar-refractivity contribution in [3.63, 3.8) is 0 Å². The molecule has 0 spiro atoms. The molecule has 1 heterocycles. The second-order valence-electron chi connectivity index (χ2n) is 5.05.